The van der Waals surface area contributed by atoms with E-state index in [2.05, 4.69) is 5.32 Å². The lowest BCUT2D eigenvalue weighted by Crippen LogP contribution is -2.42. The molecular formula is C20H28N2O5S. The van der Waals surface area contributed by atoms with Gasteiger partial charge in [-0.05, 0) is 49.9 Å². The van der Waals surface area contributed by atoms with Gasteiger partial charge in [0.15, 0.2) is 0 Å². The number of anilines is 1. The number of ether oxygens (including phenoxy) is 1. The summed E-state index contributed by atoms with van der Waals surface area (Å²) >= 11 is 0. The Bertz CT molecular complexity index is 800. The zero-order valence-corrected chi connectivity index (χ0v) is 17.0. The summed E-state index contributed by atoms with van der Waals surface area (Å²) in [5.74, 6) is -0.753. The van der Waals surface area contributed by atoms with E-state index in [0.717, 1.165) is 25.7 Å². The monoisotopic (exact) mass is 408 g/mol. The van der Waals surface area contributed by atoms with Gasteiger partial charge in [-0.3, -0.25) is 9.59 Å². The molecule has 1 N–H and O–H groups in total. The maximum absolute atomic E-state index is 12.9. The highest BCUT2D eigenvalue weighted by Gasteiger charge is 2.33. The van der Waals surface area contributed by atoms with Crippen molar-refractivity contribution in [1.82, 2.24) is 4.31 Å². The molecule has 0 spiro atoms. The van der Waals surface area contributed by atoms with Crippen molar-refractivity contribution in [1.29, 1.82) is 0 Å². The van der Waals surface area contributed by atoms with Crippen molar-refractivity contribution in [2.75, 3.05) is 25.5 Å². The van der Waals surface area contributed by atoms with Gasteiger partial charge < -0.3 is 10.1 Å². The molecule has 1 heterocycles. The Hall–Kier alpha value is -1.93. The first-order valence-electron chi connectivity index (χ1n) is 9.90. The van der Waals surface area contributed by atoms with Crippen LogP contribution >= 0.6 is 0 Å². The number of nitrogens with zero attached hydrogens (tertiary/aromatic N) is 1. The molecule has 1 atom stereocenters. The van der Waals surface area contributed by atoms with Crippen LogP contribution in [0.2, 0.25) is 0 Å². The van der Waals surface area contributed by atoms with Crippen LogP contribution in [-0.4, -0.2) is 44.8 Å². The predicted octanol–water partition coefficient (Wildman–Crippen LogP) is 2.78. The summed E-state index contributed by atoms with van der Waals surface area (Å²) in [4.78, 5) is 24.3. The SMILES string of the molecule is COC(=O)C1CCCN(S(=O)(=O)c2ccc(NC(=O)C3CCCCC3)cc2)C1. The average molecular weight is 409 g/mol. The zero-order valence-electron chi connectivity index (χ0n) is 16.2. The van der Waals surface area contributed by atoms with Gasteiger partial charge in [-0.2, -0.15) is 4.31 Å². The lowest BCUT2D eigenvalue weighted by Gasteiger charge is -2.30. The lowest BCUT2D eigenvalue weighted by molar-refractivity contribution is -0.146. The second-order valence-corrected chi connectivity index (χ2v) is 9.51. The van der Waals surface area contributed by atoms with Crippen LogP contribution in [0, 0.1) is 11.8 Å². The Morgan fingerprint density at radius 1 is 1.00 bits per heavy atom. The van der Waals surface area contributed by atoms with E-state index in [1.165, 1.54) is 30.0 Å². The number of hydrogen-bond acceptors (Lipinski definition) is 5. The number of carbonyl (C=O) groups excluding carboxylic acids is 2. The molecular weight excluding hydrogens is 380 g/mol. The second-order valence-electron chi connectivity index (χ2n) is 7.57. The molecule has 1 saturated heterocycles. The van der Waals surface area contributed by atoms with Crippen molar-refractivity contribution in [3.8, 4) is 0 Å². The fraction of sp³-hybridized carbons (Fsp3) is 0.600. The number of benzene rings is 1. The Labute approximate surface area is 166 Å². The molecule has 8 heteroatoms. The third-order valence-corrected chi connectivity index (χ3v) is 7.53. The van der Waals surface area contributed by atoms with Crippen molar-refractivity contribution in [3.05, 3.63) is 24.3 Å². The van der Waals surface area contributed by atoms with E-state index in [4.69, 9.17) is 4.74 Å². The summed E-state index contributed by atoms with van der Waals surface area (Å²) in [6, 6.07) is 6.26. The van der Waals surface area contributed by atoms with E-state index in [-0.39, 0.29) is 29.2 Å². The summed E-state index contributed by atoms with van der Waals surface area (Å²) < 4.78 is 31.9. The number of hydrogen-bond donors (Lipinski definition) is 1. The van der Waals surface area contributed by atoms with Crippen molar-refractivity contribution in [3.63, 3.8) is 0 Å². The van der Waals surface area contributed by atoms with Crippen LogP contribution in [0.3, 0.4) is 0 Å². The Kier molecular flexibility index (Phi) is 6.72. The third kappa shape index (κ3) is 4.72. The smallest absolute Gasteiger partial charge is 0.309 e. The van der Waals surface area contributed by atoms with E-state index < -0.39 is 15.9 Å². The average Bonchev–Trinajstić information content (AvgIpc) is 2.74. The quantitative estimate of drug-likeness (QED) is 0.756. The first-order valence-corrected chi connectivity index (χ1v) is 11.3. The summed E-state index contributed by atoms with van der Waals surface area (Å²) in [5, 5.41) is 2.89. The Morgan fingerprint density at radius 3 is 2.29 bits per heavy atom. The van der Waals surface area contributed by atoms with Crippen LogP contribution in [0.1, 0.15) is 44.9 Å². The number of rotatable bonds is 5. The second kappa shape index (κ2) is 9.05. The molecule has 0 aromatic heterocycles. The molecule has 0 bridgehead atoms. The van der Waals surface area contributed by atoms with E-state index in [0.29, 0.717) is 25.1 Å². The van der Waals surface area contributed by atoms with Gasteiger partial charge in [-0.15, -0.1) is 0 Å². The molecule has 2 fully saturated rings. The standard InChI is InChI=1S/C20H28N2O5S/c1-27-20(24)16-8-5-13-22(14-16)28(25,26)18-11-9-17(10-12-18)21-19(23)15-6-3-2-4-7-15/h9-12,15-16H,2-8,13-14H2,1H3,(H,21,23). The number of nitrogens with one attached hydrogen (secondary N) is 1. The van der Waals surface area contributed by atoms with Crippen LogP contribution in [0.4, 0.5) is 5.69 Å². The number of amides is 1. The molecule has 154 valence electrons. The van der Waals surface area contributed by atoms with E-state index in [1.54, 1.807) is 12.1 Å². The Morgan fingerprint density at radius 2 is 1.64 bits per heavy atom. The molecule has 1 aromatic carbocycles. The first kappa shape index (κ1) is 20.8. The Balaban J connectivity index is 1.66. The fourth-order valence-corrected chi connectivity index (χ4v) is 5.51. The van der Waals surface area contributed by atoms with Crippen molar-refractivity contribution < 1.29 is 22.7 Å². The number of piperidine rings is 1. The maximum atomic E-state index is 12.9. The molecule has 1 aromatic rings. The molecule has 1 saturated carbocycles. The molecule has 1 aliphatic heterocycles. The summed E-state index contributed by atoms with van der Waals surface area (Å²) in [7, 11) is -2.37. The van der Waals surface area contributed by atoms with Crippen LogP contribution in [0.5, 0.6) is 0 Å². The molecule has 1 aliphatic carbocycles. The van der Waals surface area contributed by atoms with Gasteiger partial charge in [0.05, 0.1) is 17.9 Å². The zero-order chi connectivity index (χ0) is 20.1. The summed E-state index contributed by atoms with van der Waals surface area (Å²) in [5.41, 5.74) is 0.598. The minimum atomic E-state index is -3.69. The largest absolute Gasteiger partial charge is 0.469 e. The molecule has 7 nitrogen and oxygen atoms in total. The number of carbonyl (C=O) groups is 2. The van der Waals surface area contributed by atoms with Gasteiger partial charge in [0, 0.05) is 24.7 Å². The predicted molar refractivity (Wildman–Crippen MR) is 105 cm³/mol. The van der Waals surface area contributed by atoms with Crippen molar-refractivity contribution in [2.24, 2.45) is 11.8 Å². The summed E-state index contributed by atoms with van der Waals surface area (Å²) in [6.45, 7) is 0.519. The van der Waals surface area contributed by atoms with Gasteiger partial charge in [-0.25, -0.2) is 8.42 Å². The number of esters is 1. The highest BCUT2D eigenvalue weighted by atomic mass is 32.2. The highest BCUT2D eigenvalue weighted by Crippen LogP contribution is 2.27. The number of sulfonamides is 1. The number of methoxy groups -OCH3 is 1. The van der Waals surface area contributed by atoms with Gasteiger partial charge in [0.2, 0.25) is 15.9 Å². The van der Waals surface area contributed by atoms with Crippen molar-refractivity contribution >= 4 is 27.6 Å². The van der Waals surface area contributed by atoms with Gasteiger partial charge >= 0.3 is 5.97 Å². The normalized spacial score (nSPS) is 21.8. The fourth-order valence-electron chi connectivity index (χ4n) is 3.99. The van der Waals surface area contributed by atoms with Crippen molar-refractivity contribution in [2.45, 2.75) is 49.8 Å². The van der Waals surface area contributed by atoms with E-state index >= 15 is 0 Å². The minimum Gasteiger partial charge on any atom is -0.469 e. The molecule has 3 rings (SSSR count). The van der Waals surface area contributed by atoms with E-state index in [1.807, 2.05) is 0 Å². The third-order valence-electron chi connectivity index (χ3n) is 5.65. The molecule has 0 radical (unpaired) electrons. The first-order chi connectivity index (χ1) is 13.4. The lowest BCUT2D eigenvalue weighted by atomic mass is 9.88. The highest BCUT2D eigenvalue weighted by molar-refractivity contribution is 7.89. The topological polar surface area (TPSA) is 92.8 Å². The van der Waals surface area contributed by atoms with Gasteiger partial charge in [0.1, 0.15) is 0 Å². The van der Waals surface area contributed by atoms with Crippen LogP contribution in [0.25, 0.3) is 0 Å². The molecule has 28 heavy (non-hydrogen) atoms. The summed E-state index contributed by atoms with van der Waals surface area (Å²) in [6.07, 6.45) is 6.42. The molecule has 1 unspecified atom stereocenters. The molecule has 1 amide bonds. The minimum absolute atomic E-state index is 0.00672. The van der Waals surface area contributed by atoms with E-state index in [9.17, 15) is 18.0 Å². The van der Waals surface area contributed by atoms with Gasteiger partial charge in [0.25, 0.3) is 0 Å². The van der Waals surface area contributed by atoms with Crippen LogP contribution in [0.15, 0.2) is 29.2 Å². The molecule has 2 aliphatic rings. The van der Waals surface area contributed by atoms with Crippen LogP contribution < -0.4 is 5.32 Å². The van der Waals surface area contributed by atoms with Gasteiger partial charge in [-0.1, -0.05) is 19.3 Å². The van der Waals surface area contributed by atoms with Crippen LogP contribution in [-0.2, 0) is 24.3 Å². The maximum Gasteiger partial charge on any atom is 0.309 e.